The monoisotopic (exact) mass is 241 g/mol. The van der Waals surface area contributed by atoms with Crippen LogP contribution in [-0.2, 0) is 11.3 Å². The van der Waals surface area contributed by atoms with Crippen molar-refractivity contribution in [3.05, 3.63) is 35.1 Å². The maximum absolute atomic E-state index is 13.1. The molecule has 1 aromatic rings. The van der Waals surface area contributed by atoms with Crippen LogP contribution in [0.4, 0.5) is 4.39 Å². The van der Waals surface area contributed by atoms with E-state index in [-0.39, 0.29) is 17.1 Å². The molecule has 1 aliphatic heterocycles. The predicted molar refractivity (Wildman–Crippen MR) is 60.8 cm³/mol. The first kappa shape index (κ1) is 11.4. The molecule has 1 aromatic carbocycles. The van der Waals surface area contributed by atoms with Crippen molar-refractivity contribution in [3.8, 4) is 0 Å². The Balaban J connectivity index is 2.12. The molecule has 1 atom stereocenters. The molecule has 0 aliphatic carbocycles. The molecule has 0 N–H and O–H groups in total. The van der Waals surface area contributed by atoms with E-state index in [1.54, 1.807) is 4.90 Å². The van der Waals surface area contributed by atoms with Crippen LogP contribution in [0.1, 0.15) is 17.5 Å². The first-order chi connectivity index (χ1) is 7.54. The first-order valence-corrected chi connectivity index (χ1v) is 5.66. The van der Waals surface area contributed by atoms with E-state index in [0.717, 1.165) is 11.1 Å². The van der Waals surface area contributed by atoms with E-state index in [0.29, 0.717) is 19.5 Å². The van der Waals surface area contributed by atoms with Crippen molar-refractivity contribution >= 4 is 17.5 Å². The minimum atomic E-state index is -0.260. The zero-order valence-corrected chi connectivity index (χ0v) is 9.80. The summed E-state index contributed by atoms with van der Waals surface area (Å²) < 4.78 is 13.1. The molecule has 1 saturated heterocycles. The van der Waals surface area contributed by atoms with Crippen LogP contribution in [0, 0.1) is 12.7 Å². The fraction of sp³-hybridized carbons (Fsp3) is 0.417. The quantitative estimate of drug-likeness (QED) is 0.729. The van der Waals surface area contributed by atoms with E-state index < -0.39 is 0 Å². The molecule has 1 unspecified atom stereocenters. The van der Waals surface area contributed by atoms with Gasteiger partial charge in [-0.3, -0.25) is 4.79 Å². The summed E-state index contributed by atoms with van der Waals surface area (Å²) in [6, 6.07) is 4.82. The molecule has 86 valence electrons. The Labute approximate surface area is 99.0 Å². The van der Waals surface area contributed by atoms with Gasteiger partial charge in [0.05, 0.1) is 5.38 Å². The number of aryl methyl sites for hydroxylation is 1. The predicted octanol–water partition coefficient (Wildman–Crippen LogP) is 2.47. The summed E-state index contributed by atoms with van der Waals surface area (Å²) >= 11 is 5.89. The number of nitrogens with zero attached hydrogens (tertiary/aromatic N) is 1. The van der Waals surface area contributed by atoms with Crippen molar-refractivity contribution in [2.24, 2.45) is 0 Å². The Morgan fingerprint density at radius 1 is 1.50 bits per heavy atom. The molecule has 1 amide bonds. The molecular formula is C12H13ClFNO. The fourth-order valence-corrected chi connectivity index (χ4v) is 2.30. The van der Waals surface area contributed by atoms with Crippen LogP contribution >= 0.6 is 11.6 Å². The van der Waals surface area contributed by atoms with Crippen LogP contribution in [0.5, 0.6) is 0 Å². The van der Waals surface area contributed by atoms with Gasteiger partial charge in [0.1, 0.15) is 5.82 Å². The molecule has 2 nitrogen and oxygen atoms in total. The number of rotatable bonds is 2. The van der Waals surface area contributed by atoms with Gasteiger partial charge < -0.3 is 4.90 Å². The highest BCUT2D eigenvalue weighted by atomic mass is 35.5. The lowest BCUT2D eigenvalue weighted by Gasteiger charge is -2.16. The zero-order chi connectivity index (χ0) is 11.7. The molecule has 4 heteroatoms. The molecule has 1 heterocycles. The summed E-state index contributed by atoms with van der Waals surface area (Å²) in [5.41, 5.74) is 1.68. The van der Waals surface area contributed by atoms with E-state index in [1.807, 2.05) is 13.0 Å². The first-order valence-electron chi connectivity index (χ1n) is 5.22. The molecule has 0 bridgehead atoms. The Bertz CT molecular complexity index is 401. The van der Waals surface area contributed by atoms with Gasteiger partial charge in [0.2, 0.25) is 5.91 Å². The van der Waals surface area contributed by atoms with Crippen molar-refractivity contribution in [2.45, 2.75) is 25.3 Å². The van der Waals surface area contributed by atoms with E-state index in [4.69, 9.17) is 11.6 Å². The van der Waals surface area contributed by atoms with Crippen LogP contribution in [0.25, 0.3) is 0 Å². The highest BCUT2D eigenvalue weighted by Crippen LogP contribution is 2.19. The maximum atomic E-state index is 13.1. The third-order valence-electron chi connectivity index (χ3n) is 2.64. The third-order valence-corrected chi connectivity index (χ3v) is 2.93. The number of carbonyl (C=O) groups excluding carboxylic acids is 1. The number of benzene rings is 1. The maximum Gasteiger partial charge on any atom is 0.224 e. The van der Waals surface area contributed by atoms with Crippen molar-refractivity contribution in [1.82, 2.24) is 4.90 Å². The molecule has 0 radical (unpaired) electrons. The van der Waals surface area contributed by atoms with Gasteiger partial charge in [-0.25, -0.2) is 4.39 Å². The van der Waals surface area contributed by atoms with Crippen molar-refractivity contribution in [2.75, 3.05) is 6.54 Å². The molecule has 1 aliphatic rings. The number of alkyl halides is 1. The average Bonchev–Trinajstić information content (AvgIpc) is 2.43. The van der Waals surface area contributed by atoms with Gasteiger partial charge in [-0.2, -0.15) is 0 Å². The molecular weight excluding hydrogens is 229 g/mol. The molecule has 0 spiro atoms. The highest BCUT2D eigenvalue weighted by molar-refractivity contribution is 6.22. The number of hydrogen-bond acceptors (Lipinski definition) is 1. The van der Waals surface area contributed by atoms with Gasteiger partial charge in [0.15, 0.2) is 0 Å². The number of halogens is 2. The largest absolute Gasteiger partial charge is 0.337 e. The van der Waals surface area contributed by atoms with E-state index in [2.05, 4.69) is 0 Å². The molecule has 0 aromatic heterocycles. The van der Waals surface area contributed by atoms with Gasteiger partial charge in [-0.15, -0.1) is 11.6 Å². The number of carbonyl (C=O) groups is 1. The summed E-state index contributed by atoms with van der Waals surface area (Å²) in [5.74, 6) is -0.217. The van der Waals surface area contributed by atoms with Crippen LogP contribution < -0.4 is 0 Å². The fourth-order valence-electron chi connectivity index (χ4n) is 2.00. The summed E-state index contributed by atoms with van der Waals surface area (Å²) in [4.78, 5) is 13.2. The number of likely N-dealkylation sites (tertiary alicyclic amines) is 1. The lowest BCUT2D eigenvalue weighted by molar-refractivity contribution is -0.128. The van der Waals surface area contributed by atoms with Gasteiger partial charge in [-0.05, 0) is 30.2 Å². The number of hydrogen-bond donors (Lipinski definition) is 0. The standard InChI is InChI=1S/C12H13ClFNO/c1-8-2-9(4-11(14)3-8)6-15-7-10(13)5-12(15)16/h2-4,10H,5-7H2,1H3. The van der Waals surface area contributed by atoms with Crippen LogP contribution in [0.15, 0.2) is 18.2 Å². The van der Waals surface area contributed by atoms with Gasteiger partial charge in [0.25, 0.3) is 0 Å². The Morgan fingerprint density at radius 2 is 2.25 bits per heavy atom. The Kier molecular flexibility index (Phi) is 3.15. The van der Waals surface area contributed by atoms with Crippen LogP contribution in [0.2, 0.25) is 0 Å². The SMILES string of the molecule is Cc1cc(F)cc(CN2CC(Cl)CC2=O)c1. The van der Waals surface area contributed by atoms with Crippen LogP contribution in [0.3, 0.4) is 0 Å². The molecule has 1 fully saturated rings. The molecule has 16 heavy (non-hydrogen) atoms. The lowest BCUT2D eigenvalue weighted by Crippen LogP contribution is -2.24. The van der Waals surface area contributed by atoms with E-state index in [9.17, 15) is 9.18 Å². The van der Waals surface area contributed by atoms with Gasteiger partial charge in [0, 0.05) is 19.5 Å². The van der Waals surface area contributed by atoms with Gasteiger partial charge >= 0.3 is 0 Å². The smallest absolute Gasteiger partial charge is 0.224 e. The second kappa shape index (κ2) is 4.42. The normalized spacial score (nSPS) is 20.6. The zero-order valence-electron chi connectivity index (χ0n) is 9.04. The summed E-state index contributed by atoms with van der Waals surface area (Å²) in [5, 5.41) is -0.109. The Hall–Kier alpha value is -1.09. The molecule has 2 rings (SSSR count). The second-order valence-corrected chi connectivity index (χ2v) is 4.83. The third kappa shape index (κ3) is 2.53. The van der Waals surface area contributed by atoms with Crippen molar-refractivity contribution < 1.29 is 9.18 Å². The van der Waals surface area contributed by atoms with Crippen molar-refractivity contribution in [1.29, 1.82) is 0 Å². The topological polar surface area (TPSA) is 20.3 Å². The Morgan fingerprint density at radius 3 is 2.81 bits per heavy atom. The van der Waals surface area contributed by atoms with Gasteiger partial charge in [-0.1, -0.05) is 6.07 Å². The lowest BCUT2D eigenvalue weighted by atomic mass is 10.1. The average molecular weight is 242 g/mol. The minimum Gasteiger partial charge on any atom is -0.337 e. The summed E-state index contributed by atoms with van der Waals surface area (Å²) in [7, 11) is 0. The second-order valence-electron chi connectivity index (χ2n) is 4.21. The highest BCUT2D eigenvalue weighted by Gasteiger charge is 2.27. The molecule has 0 saturated carbocycles. The van der Waals surface area contributed by atoms with E-state index >= 15 is 0 Å². The minimum absolute atomic E-state index is 0.0434. The summed E-state index contributed by atoms with van der Waals surface area (Å²) in [6.07, 6.45) is 0.385. The summed E-state index contributed by atoms with van der Waals surface area (Å²) in [6.45, 7) is 2.83. The van der Waals surface area contributed by atoms with Crippen LogP contribution in [-0.4, -0.2) is 22.7 Å². The van der Waals surface area contributed by atoms with Crippen molar-refractivity contribution in [3.63, 3.8) is 0 Å². The van der Waals surface area contributed by atoms with E-state index in [1.165, 1.54) is 12.1 Å². The number of amides is 1.